The van der Waals surface area contributed by atoms with Crippen molar-refractivity contribution in [3.05, 3.63) is 16.9 Å². The highest BCUT2D eigenvalue weighted by molar-refractivity contribution is 5.85. The van der Waals surface area contributed by atoms with Crippen LogP contribution < -0.4 is 0 Å². The molecule has 8 atom stereocenters. The van der Waals surface area contributed by atoms with Gasteiger partial charge in [-0.3, -0.25) is 4.84 Å². The molecule has 8 nitrogen and oxygen atoms in total. The second-order valence-electron chi connectivity index (χ2n) is 10.8. The van der Waals surface area contributed by atoms with Gasteiger partial charge in [0.25, 0.3) is 0 Å². The van der Waals surface area contributed by atoms with E-state index in [9.17, 15) is 19.9 Å². The Balaban J connectivity index is 1.42. The Morgan fingerprint density at radius 3 is 2.68 bits per heavy atom. The summed E-state index contributed by atoms with van der Waals surface area (Å²) in [4.78, 5) is 29.2. The van der Waals surface area contributed by atoms with E-state index in [2.05, 4.69) is 6.92 Å². The number of carbonyl (C=O) groups excluding carboxylic acids is 2. The number of ether oxygens (including phenoxy) is 1. The second-order valence-corrected chi connectivity index (χ2v) is 10.8. The zero-order chi connectivity index (χ0) is 22.0. The van der Waals surface area contributed by atoms with Gasteiger partial charge in [-0.2, -0.15) is 0 Å². The van der Waals surface area contributed by atoms with Crippen molar-refractivity contribution >= 4 is 12.3 Å². The summed E-state index contributed by atoms with van der Waals surface area (Å²) in [6, 6.07) is 0. The van der Waals surface area contributed by atoms with Crippen molar-refractivity contribution in [2.75, 3.05) is 6.61 Å². The van der Waals surface area contributed by atoms with Crippen LogP contribution in [-0.4, -0.2) is 46.3 Å². The highest BCUT2D eigenvalue weighted by atomic mass is 17.1. The molecule has 5 aliphatic rings. The van der Waals surface area contributed by atoms with Crippen LogP contribution in [0.3, 0.4) is 0 Å². The summed E-state index contributed by atoms with van der Waals surface area (Å²) >= 11 is 0. The van der Waals surface area contributed by atoms with Crippen LogP contribution in [0.4, 0.5) is 0 Å². The van der Waals surface area contributed by atoms with Crippen molar-refractivity contribution < 1.29 is 29.5 Å². The van der Waals surface area contributed by atoms with E-state index in [1.807, 2.05) is 0 Å². The van der Waals surface area contributed by atoms with Crippen LogP contribution in [0.1, 0.15) is 64.7 Å². The minimum atomic E-state index is -0.863. The quantitative estimate of drug-likeness (QED) is 0.394. The van der Waals surface area contributed by atoms with E-state index in [0.29, 0.717) is 32.3 Å². The maximum Gasteiger partial charge on any atom is 0.331 e. The van der Waals surface area contributed by atoms with Crippen LogP contribution in [-0.2, 0) is 19.2 Å². The number of hydrogen-bond donors (Lipinski definition) is 2. The number of aldehydes is 1. The summed E-state index contributed by atoms with van der Waals surface area (Å²) in [5.74, 6) is 0.0870. The molecule has 0 aromatic heterocycles. The Hall–Kier alpha value is -1.32. The van der Waals surface area contributed by atoms with Gasteiger partial charge in [0.1, 0.15) is 12.9 Å². The van der Waals surface area contributed by atoms with E-state index >= 15 is 0 Å². The minimum absolute atomic E-state index is 0.0441. The molecule has 172 valence electrons. The van der Waals surface area contributed by atoms with E-state index < -0.39 is 16.4 Å². The Bertz CT molecular complexity index is 799. The van der Waals surface area contributed by atoms with Gasteiger partial charge in [0.15, 0.2) is 0 Å². The van der Waals surface area contributed by atoms with Crippen molar-refractivity contribution in [1.29, 1.82) is 0 Å². The maximum atomic E-state index is 12.6. The third-order valence-electron chi connectivity index (χ3n) is 9.96. The monoisotopic (exact) mass is 434 g/mol. The first kappa shape index (κ1) is 21.5. The summed E-state index contributed by atoms with van der Waals surface area (Å²) in [5, 5.41) is 31.5. The Kier molecular flexibility index (Phi) is 5.10. The molecule has 1 aliphatic heterocycles. The van der Waals surface area contributed by atoms with Crippen LogP contribution in [0.15, 0.2) is 11.6 Å². The molecular formula is C23H32NO7-. The van der Waals surface area contributed by atoms with Gasteiger partial charge < -0.3 is 25.1 Å². The summed E-state index contributed by atoms with van der Waals surface area (Å²) in [6.45, 7) is 2.49. The Morgan fingerprint density at radius 1 is 1.19 bits per heavy atom. The number of carbonyl (C=O) groups is 2. The van der Waals surface area contributed by atoms with Crippen molar-refractivity contribution in [2.45, 2.75) is 76.4 Å². The van der Waals surface area contributed by atoms with Gasteiger partial charge in [0.2, 0.25) is 0 Å². The van der Waals surface area contributed by atoms with Gasteiger partial charge >= 0.3 is 5.97 Å². The molecule has 4 aliphatic carbocycles. The number of hydrogen-bond acceptors (Lipinski definition) is 8. The molecule has 4 saturated carbocycles. The summed E-state index contributed by atoms with van der Waals surface area (Å²) < 4.78 is 5.17. The average Bonchev–Trinajstić information content (AvgIpc) is 3.27. The molecule has 0 aromatic rings. The Morgan fingerprint density at radius 2 is 2.00 bits per heavy atom. The number of fused-ring (bicyclic) bond motifs is 5. The number of nitrogens with zero attached hydrogens (tertiary/aromatic N) is 1. The number of esters is 1. The van der Waals surface area contributed by atoms with E-state index in [-0.39, 0.29) is 41.2 Å². The van der Waals surface area contributed by atoms with E-state index in [1.165, 1.54) is 0 Å². The van der Waals surface area contributed by atoms with Crippen molar-refractivity contribution in [2.24, 2.45) is 34.5 Å². The molecule has 0 aromatic carbocycles. The fourth-order valence-electron chi connectivity index (χ4n) is 8.52. The Labute approximate surface area is 182 Å². The predicted molar refractivity (Wildman–Crippen MR) is 108 cm³/mol. The van der Waals surface area contributed by atoms with Gasteiger partial charge in [-0.1, -0.05) is 6.92 Å². The SMILES string of the molecule is CC12CCC3C(CCC4CC(ON([O-])O)CCC43C=O)C1(O)CCC2C1=CC(=O)OC1. The number of rotatable bonds is 4. The lowest BCUT2D eigenvalue weighted by atomic mass is 9.43. The smallest absolute Gasteiger partial charge is 0.331 e. The maximum absolute atomic E-state index is 12.6. The van der Waals surface area contributed by atoms with Gasteiger partial charge in [-0.15, -0.1) is 5.39 Å². The molecule has 8 heteroatoms. The third-order valence-corrected chi connectivity index (χ3v) is 9.96. The van der Waals surface area contributed by atoms with E-state index in [4.69, 9.17) is 14.8 Å². The fourth-order valence-corrected chi connectivity index (χ4v) is 8.52. The largest absolute Gasteiger partial charge is 0.738 e. The first-order chi connectivity index (χ1) is 14.7. The average molecular weight is 435 g/mol. The number of cyclic esters (lactones) is 1. The van der Waals surface area contributed by atoms with Crippen LogP contribution in [0.25, 0.3) is 0 Å². The normalized spacial score (nSPS) is 49.1. The molecule has 31 heavy (non-hydrogen) atoms. The molecule has 2 N–H and O–H groups in total. The molecule has 4 fully saturated rings. The lowest BCUT2D eigenvalue weighted by molar-refractivity contribution is -0.337. The van der Waals surface area contributed by atoms with Gasteiger partial charge in [0, 0.05) is 16.9 Å². The highest BCUT2D eigenvalue weighted by Crippen LogP contribution is 2.69. The molecule has 0 spiro atoms. The highest BCUT2D eigenvalue weighted by Gasteiger charge is 2.68. The molecule has 0 radical (unpaired) electrons. The second kappa shape index (κ2) is 7.35. The minimum Gasteiger partial charge on any atom is -0.738 e. The van der Waals surface area contributed by atoms with Gasteiger partial charge in [0.05, 0.1) is 11.7 Å². The lowest BCUT2D eigenvalue weighted by Crippen LogP contribution is -2.63. The lowest BCUT2D eigenvalue weighted by Gasteiger charge is -2.63. The van der Waals surface area contributed by atoms with Gasteiger partial charge in [-0.05, 0) is 87.0 Å². The number of aliphatic hydroxyl groups is 1. The van der Waals surface area contributed by atoms with Crippen molar-refractivity contribution in [3.8, 4) is 0 Å². The predicted octanol–water partition coefficient (Wildman–Crippen LogP) is 2.91. The van der Waals surface area contributed by atoms with Crippen LogP contribution in [0.2, 0.25) is 0 Å². The molecule has 5 rings (SSSR count). The van der Waals surface area contributed by atoms with E-state index in [0.717, 1.165) is 44.0 Å². The van der Waals surface area contributed by atoms with E-state index in [1.54, 1.807) is 6.08 Å². The topological polar surface area (TPSA) is 119 Å². The third kappa shape index (κ3) is 2.99. The summed E-state index contributed by atoms with van der Waals surface area (Å²) in [7, 11) is 0. The molecule has 0 bridgehead atoms. The van der Waals surface area contributed by atoms with Crippen LogP contribution >= 0.6 is 0 Å². The zero-order valence-electron chi connectivity index (χ0n) is 18.0. The molecular weight excluding hydrogens is 402 g/mol. The van der Waals surface area contributed by atoms with Crippen LogP contribution in [0, 0.1) is 39.7 Å². The molecule has 0 saturated heterocycles. The summed E-state index contributed by atoms with van der Waals surface area (Å²) in [6.07, 6.45) is 8.94. The first-order valence-electron chi connectivity index (χ1n) is 11.6. The summed E-state index contributed by atoms with van der Waals surface area (Å²) in [5.41, 5.74) is -0.694. The molecule has 8 unspecified atom stereocenters. The molecule has 0 amide bonds. The van der Waals surface area contributed by atoms with Gasteiger partial charge in [-0.25, -0.2) is 4.79 Å². The fraction of sp³-hybridized carbons (Fsp3) is 0.826. The van der Waals surface area contributed by atoms with Crippen molar-refractivity contribution in [3.63, 3.8) is 0 Å². The van der Waals surface area contributed by atoms with Crippen LogP contribution in [0.5, 0.6) is 0 Å². The first-order valence-corrected chi connectivity index (χ1v) is 11.6. The standard InChI is InChI=1S/C23H32NO7/c1-21-7-5-18-19(23(21,27)9-6-17(21)14-10-20(26)30-12-14)3-2-15-11-16(31-24(28)29)4-8-22(15,18)13-25/h10,13,15-19,27-28H,2-9,11-12H2,1H3/q-1. The zero-order valence-corrected chi connectivity index (χ0v) is 18.0. The van der Waals surface area contributed by atoms with Crippen molar-refractivity contribution in [1.82, 2.24) is 5.39 Å². The molecule has 1 heterocycles.